The molecule has 1 N–H and O–H groups in total. The number of thioether (sulfide) groups is 1. The molecule has 0 radical (unpaired) electrons. The molecule has 3 nitrogen and oxygen atoms in total. The molecule has 0 bridgehead atoms. The summed E-state index contributed by atoms with van der Waals surface area (Å²) in [6.07, 6.45) is 21.0. The molecule has 0 spiro atoms. The Hall–Kier alpha value is -6.10. The van der Waals surface area contributed by atoms with Crippen molar-refractivity contribution in [3.8, 4) is 11.1 Å². The van der Waals surface area contributed by atoms with E-state index < -0.39 is 0 Å². The lowest BCUT2D eigenvalue weighted by Gasteiger charge is -2.28. The molecule has 0 saturated heterocycles. The Morgan fingerprint density at radius 3 is 2.38 bits per heavy atom. The number of aryl methyl sites for hydroxylation is 1. The summed E-state index contributed by atoms with van der Waals surface area (Å²) in [5.41, 5.74) is 17.2. The second-order valence-electron chi connectivity index (χ2n) is 16.8. The number of nitrogens with zero attached hydrogens (tertiary/aromatic N) is 2. The van der Waals surface area contributed by atoms with E-state index in [0.717, 1.165) is 24.5 Å². The molecule has 6 aromatic carbocycles. The molecule has 6 aliphatic rings. The Labute approximate surface area is 343 Å². The van der Waals surface area contributed by atoms with Crippen LogP contribution in [0, 0.1) is 0 Å². The number of aliphatic imine (C=N–C) groups is 1. The van der Waals surface area contributed by atoms with Crippen molar-refractivity contribution < 1.29 is 0 Å². The van der Waals surface area contributed by atoms with Crippen LogP contribution in [0.3, 0.4) is 0 Å². The van der Waals surface area contributed by atoms with Gasteiger partial charge in [0.15, 0.2) is 0 Å². The number of allylic oxidation sites excluding steroid dienone is 7. The molecular formula is C54H41N3S. The van der Waals surface area contributed by atoms with Gasteiger partial charge in [0.05, 0.1) is 5.52 Å². The minimum Gasteiger partial charge on any atom is -0.325 e. The van der Waals surface area contributed by atoms with Crippen molar-refractivity contribution in [1.82, 2.24) is 4.57 Å². The number of para-hydroxylation sites is 1. The smallest absolute Gasteiger partial charge is 0.208 e. The summed E-state index contributed by atoms with van der Waals surface area (Å²) < 4.78 is 2.47. The standard InChI is InChI=1S/C54H41N3S/c1-2-14-38-37(13-1)42-19-10-18-41-36(25-26-43(38)52(41)42)34-11-9-12-35(29-34)53-44-17-3-6-20-47(44)55-54(56-53)57-48-21-7-4-15-39(48)45-30-32(23-27-49(45)57)33-24-28-51-46(31-33)40-16-5-8-22-50(40)58-51/h1-3,5-6,8-14,16-20,22-31,37-38,46,51,53H,4,7,15,21H2,(H,55,56). The van der Waals surface area contributed by atoms with Crippen LogP contribution in [0.4, 0.5) is 5.69 Å². The van der Waals surface area contributed by atoms with Gasteiger partial charge in [0.2, 0.25) is 5.96 Å². The number of nitrogens with one attached hydrogen (secondary N) is 1. The quantitative estimate of drug-likeness (QED) is 0.194. The van der Waals surface area contributed by atoms with Crippen molar-refractivity contribution in [2.45, 2.75) is 59.6 Å². The van der Waals surface area contributed by atoms with Gasteiger partial charge in [0.25, 0.3) is 0 Å². The van der Waals surface area contributed by atoms with Gasteiger partial charge in [0, 0.05) is 50.2 Å². The monoisotopic (exact) mass is 763 g/mol. The molecule has 0 amide bonds. The lowest BCUT2D eigenvalue weighted by atomic mass is 9.86. The third-order valence-electron chi connectivity index (χ3n) is 13.8. The van der Waals surface area contributed by atoms with Gasteiger partial charge in [-0.3, -0.25) is 4.57 Å². The Balaban J connectivity index is 0.920. The molecule has 4 aliphatic carbocycles. The van der Waals surface area contributed by atoms with E-state index in [0.29, 0.717) is 23.0 Å². The highest BCUT2D eigenvalue weighted by Crippen LogP contribution is 2.52. The molecule has 278 valence electrons. The fourth-order valence-electron chi connectivity index (χ4n) is 11.1. The van der Waals surface area contributed by atoms with Crippen molar-refractivity contribution in [2.24, 2.45) is 4.99 Å². The van der Waals surface area contributed by atoms with Crippen LogP contribution >= 0.6 is 11.8 Å². The Kier molecular flexibility index (Phi) is 7.21. The first-order chi connectivity index (χ1) is 28.7. The predicted molar refractivity (Wildman–Crippen MR) is 242 cm³/mol. The van der Waals surface area contributed by atoms with Gasteiger partial charge < -0.3 is 5.32 Å². The zero-order valence-corrected chi connectivity index (χ0v) is 32.9. The molecule has 1 aromatic heterocycles. The normalized spacial score (nSPS) is 23.1. The second kappa shape index (κ2) is 12.7. The first kappa shape index (κ1) is 32.9. The molecule has 4 heteroatoms. The van der Waals surface area contributed by atoms with Crippen LogP contribution < -0.4 is 5.32 Å². The maximum Gasteiger partial charge on any atom is 0.208 e. The van der Waals surface area contributed by atoms with Crippen molar-refractivity contribution in [1.29, 1.82) is 0 Å². The molecule has 0 saturated carbocycles. The number of hydrogen-bond donors (Lipinski definition) is 1. The van der Waals surface area contributed by atoms with Gasteiger partial charge in [0.1, 0.15) is 6.04 Å². The van der Waals surface area contributed by atoms with Crippen LogP contribution in [0.25, 0.3) is 38.4 Å². The van der Waals surface area contributed by atoms with Crippen LogP contribution in [-0.4, -0.2) is 15.8 Å². The summed E-state index contributed by atoms with van der Waals surface area (Å²) in [5.74, 6) is 2.18. The molecule has 0 fully saturated rings. The van der Waals surface area contributed by atoms with E-state index in [1.54, 1.807) is 0 Å². The van der Waals surface area contributed by atoms with Crippen molar-refractivity contribution >= 4 is 50.7 Å². The number of fused-ring (bicyclic) bond motifs is 10. The Bertz CT molecular complexity index is 3040. The SMILES string of the molecule is C1=CC2c3cccc4c(-c5cccc(C6N=C(n7c8c(c9cc(C%10=CC%11c%12ccccc%12SC%11C=C%10)ccc97)CCCC8)Nc7ccccc76)c5)ccc(c34)C2C=C1. The van der Waals surface area contributed by atoms with E-state index in [1.807, 2.05) is 11.8 Å². The third-order valence-corrected chi connectivity index (χ3v) is 15.1. The maximum atomic E-state index is 5.68. The fourth-order valence-corrected chi connectivity index (χ4v) is 12.4. The summed E-state index contributed by atoms with van der Waals surface area (Å²) in [5, 5.41) is 8.46. The molecule has 5 atom stereocenters. The minimum atomic E-state index is -0.143. The van der Waals surface area contributed by atoms with E-state index in [4.69, 9.17) is 4.99 Å². The van der Waals surface area contributed by atoms with Crippen molar-refractivity contribution in [2.75, 3.05) is 5.32 Å². The zero-order valence-electron chi connectivity index (χ0n) is 32.1. The summed E-state index contributed by atoms with van der Waals surface area (Å²) in [7, 11) is 0. The van der Waals surface area contributed by atoms with E-state index in [9.17, 15) is 0 Å². The molecule has 3 heterocycles. The number of benzene rings is 6. The summed E-state index contributed by atoms with van der Waals surface area (Å²) in [6.45, 7) is 0. The van der Waals surface area contributed by atoms with Gasteiger partial charge in [-0.2, -0.15) is 0 Å². The number of aromatic nitrogens is 1. The van der Waals surface area contributed by atoms with Crippen LogP contribution in [0.1, 0.15) is 81.3 Å². The molecule has 58 heavy (non-hydrogen) atoms. The fraction of sp³-hybridized carbons (Fsp3) is 0.167. The van der Waals surface area contributed by atoms with Gasteiger partial charge in [-0.05, 0) is 117 Å². The number of hydrogen-bond acceptors (Lipinski definition) is 3. The summed E-state index contributed by atoms with van der Waals surface area (Å²) in [4.78, 5) is 7.10. The molecular weight excluding hydrogens is 723 g/mol. The molecule has 7 aromatic rings. The van der Waals surface area contributed by atoms with E-state index in [1.165, 1.54) is 101 Å². The highest BCUT2D eigenvalue weighted by Gasteiger charge is 2.35. The number of anilines is 1. The van der Waals surface area contributed by atoms with Crippen LogP contribution in [0.15, 0.2) is 174 Å². The van der Waals surface area contributed by atoms with E-state index in [-0.39, 0.29) is 6.04 Å². The van der Waals surface area contributed by atoms with E-state index >= 15 is 0 Å². The third kappa shape index (κ3) is 4.85. The van der Waals surface area contributed by atoms with Crippen molar-refractivity contribution in [3.63, 3.8) is 0 Å². The van der Waals surface area contributed by atoms with Crippen LogP contribution in [0.2, 0.25) is 0 Å². The molecule has 5 unspecified atom stereocenters. The number of rotatable bonds is 3. The maximum absolute atomic E-state index is 5.68. The average molecular weight is 764 g/mol. The van der Waals surface area contributed by atoms with Crippen molar-refractivity contribution in [3.05, 3.63) is 208 Å². The summed E-state index contributed by atoms with van der Waals surface area (Å²) in [6, 6.07) is 45.5. The first-order valence-corrected chi connectivity index (χ1v) is 21.9. The summed E-state index contributed by atoms with van der Waals surface area (Å²) >= 11 is 2.00. The van der Waals surface area contributed by atoms with Gasteiger partial charge in [-0.25, -0.2) is 4.99 Å². The Morgan fingerprint density at radius 1 is 0.638 bits per heavy atom. The topological polar surface area (TPSA) is 29.3 Å². The first-order valence-electron chi connectivity index (χ1n) is 21.0. The van der Waals surface area contributed by atoms with Gasteiger partial charge in [-0.1, -0.05) is 134 Å². The van der Waals surface area contributed by atoms with Crippen LogP contribution in [-0.2, 0) is 12.8 Å². The lowest BCUT2D eigenvalue weighted by molar-refractivity contribution is 0.669. The molecule has 13 rings (SSSR count). The minimum absolute atomic E-state index is 0.143. The average Bonchev–Trinajstić information content (AvgIpc) is 3.94. The predicted octanol–water partition coefficient (Wildman–Crippen LogP) is 13.3. The second-order valence-corrected chi connectivity index (χ2v) is 18.0. The van der Waals surface area contributed by atoms with Gasteiger partial charge >= 0.3 is 0 Å². The lowest BCUT2D eigenvalue weighted by Crippen LogP contribution is -2.29. The highest BCUT2D eigenvalue weighted by molar-refractivity contribution is 8.00. The molecule has 2 aliphatic heterocycles. The Morgan fingerprint density at radius 2 is 1.45 bits per heavy atom. The zero-order chi connectivity index (χ0) is 37.9. The van der Waals surface area contributed by atoms with Crippen LogP contribution in [0.5, 0.6) is 0 Å². The van der Waals surface area contributed by atoms with E-state index in [2.05, 4.69) is 174 Å². The highest BCUT2D eigenvalue weighted by atomic mass is 32.2. The largest absolute Gasteiger partial charge is 0.325 e. The van der Waals surface area contributed by atoms with Gasteiger partial charge in [-0.15, -0.1) is 11.8 Å².